The lowest BCUT2D eigenvalue weighted by atomic mass is 10.0. The zero-order valence-corrected chi connectivity index (χ0v) is 19.4. The smallest absolute Gasteiger partial charge is 0.410 e. The van der Waals surface area contributed by atoms with E-state index in [1.54, 1.807) is 37.4 Å². The van der Waals surface area contributed by atoms with Crippen LogP contribution in [0, 0.1) is 0 Å². The molecule has 0 aromatic carbocycles. The van der Waals surface area contributed by atoms with Crippen molar-refractivity contribution in [3.05, 3.63) is 72.8 Å². The van der Waals surface area contributed by atoms with Crippen molar-refractivity contribution in [3.63, 3.8) is 0 Å². The van der Waals surface area contributed by atoms with E-state index in [0.29, 0.717) is 42.9 Å². The summed E-state index contributed by atoms with van der Waals surface area (Å²) in [7, 11) is 1.69. The quantitative estimate of drug-likeness (QED) is 0.163. The van der Waals surface area contributed by atoms with Crippen LogP contribution in [0.1, 0.15) is 53.9 Å². The fraction of sp³-hybridized carbons (Fsp3) is 0.440. The number of allylic oxidation sites excluding steroid dienone is 8. The maximum Gasteiger partial charge on any atom is 0.410 e. The molecule has 0 N–H and O–H groups in total. The Labute approximate surface area is 182 Å². The second-order valence-corrected chi connectivity index (χ2v) is 7.67. The largest absolute Gasteiger partial charge is 0.457 e. The van der Waals surface area contributed by atoms with E-state index < -0.39 is 5.60 Å². The highest BCUT2D eigenvalue weighted by Gasteiger charge is 2.19. The van der Waals surface area contributed by atoms with Crippen LogP contribution in [0.5, 0.6) is 0 Å². The number of hydrogen-bond donors (Lipinski definition) is 0. The van der Waals surface area contributed by atoms with Crippen LogP contribution in [0.15, 0.2) is 72.8 Å². The Kier molecular flexibility index (Phi) is 12.9. The number of amides is 1. The first-order valence-electron chi connectivity index (χ1n) is 10.2. The highest BCUT2D eigenvalue weighted by Crippen LogP contribution is 2.19. The molecule has 0 bridgehead atoms. The van der Waals surface area contributed by atoms with Crippen LogP contribution in [0.25, 0.3) is 0 Å². The Bertz CT molecular complexity index is 718. The zero-order chi connectivity index (χ0) is 23.2. The van der Waals surface area contributed by atoms with Crippen LogP contribution < -0.4 is 0 Å². The van der Waals surface area contributed by atoms with Gasteiger partial charge in [0.2, 0.25) is 0 Å². The van der Waals surface area contributed by atoms with Crippen molar-refractivity contribution in [2.24, 2.45) is 0 Å². The number of ether oxygens (including phenoxy) is 2. The minimum absolute atomic E-state index is 0.0404. The topological polar surface area (TPSA) is 55.8 Å². The van der Waals surface area contributed by atoms with Gasteiger partial charge in [0.05, 0.1) is 5.57 Å². The van der Waals surface area contributed by atoms with Crippen molar-refractivity contribution >= 4 is 11.9 Å². The van der Waals surface area contributed by atoms with Gasteiger partial charge in [-0.15, -0.1) is 0 Å². The summed E-state index contributed by atoms with van der Waals surface area (Å²) >= 11 is 0. The molecule has 0 saturated heterocycles. The monoisotopic (exact) mass is 415 g/mol. The lowest BCUT2D eigenvalue weighted by Crippen LogP contribution is -2.34. The molecule has 0 spiro atoms. The molecule has 166 valence electrons. The second kappa shape index (κ2) is 14.2. The molecule has 0 heterocycles. The third-order valence-corrected chi connectivity index (χ3v) is 3.78. The molecule has 0 aliphatic rings. The first kappa shape index (κ1) is 27.2. The molecule has 0 rings (SSSR count). The number of Topliss-reactive ketones (excluding diaryl/α,β-unsaturated/α-hetero) is 1. The molecule has 1 amide bonds. The Morgan fingerprint density at radius 3 is 2.17 bits per heavy atom. The Balaban J connectivity index is 5.05. The van der Waals surface area contributed by atoms with Gasteiger partial charge >= 0.3 is 6.09 Å². The van der Waals surface area contributed by atoms with E-state index in [-0.39, 0.29) is 11.9 Å². The summed E-state index contributed by atoms with van der Waals surface area (Å²) in [6.07, 6.45) is 13.3. The molecule has 0 saturated carbocycles. The van der Waals surface area contributed by atoms with Crippen LogP contribution in [0.2, 0.25) is 0 Å². The van der Waals surface area contributed by atoms with E-state index in [4.69, 9.17) is 9.47 Å². The van der Waals surface area contributed by atoms with E-state index in [1.807, 2.05) is 40.7 Å². The summed E-state index contributed by atoms with van der Waals surface area (Å²) in [4.78, 5) is 26.3. The molecule has 0 unspecified atom stereocenters. The zero-order valence-electron chi connectivity index (χ0n) is 19.4. The van der Waals surface area contributed by atoms with Gasteiger partial charge in [0.1, 0.15) is 17.1 Å². The minimum atomic E-state index is -0.527. The number of unbranched alkanes of at least 4 members (excludes halogenated alkanes) is 1. The predicted octanol–water partition coefficient (Wildman–Crippen LogP) is 6.27. The average Bonchev–Trinajstić information content (AvgIpc) is 2.66. The van der Waals surface area contributed by atoms with Crippen molar-refractivity contribution < 1.29 is 19.1 Å². The van der Waals surface area contributed by atoms with Gasteiger partial charge in [-0.1, -0.05) is 37.5 Å². The normalized spacial score (nSPS) is 13.2. The van der Waals surface area contributed by atoms with Crippen molar-refractivity contribution in [2.75, 3.05) is 13.6 Å². The van der Waals surface area contributed by atoms with Crippen molar-refractivity contribution in [1.29, 1.82) is 0 Å². The third kappa shape index (κ3) is 11.2. The summed E-state index contributed by atoms with van der Waals surface area (Å²) < 4.78 is 11.2. The van der Waals surface area contributed by atoms with E-state index in [9.17, 15) is 9.59 Å². The van der Waals surface area contributed by atoms with Gasteiger partial charge in [-0.05, 0) is 65.7 Å². The number of nitrogens with zero attached hydrogens (tertiary/aromatic N) is 1. The van der Waals surface area contributed by atoms with Gasteiger partial charge in [0.15, 0.2) is 5.78 Å². The molecule has 5 nitrogen and oxygen atoms in total. The molecule has 0 atom stereocenters. The molecular formula is C25H37NO4. The van der Waals surface area contributed by atoms with E-state index in [0.717, 1.165) is 0 Å². The first-order chi connectivity index (χ1) is 14.1. The number of rotatable bonds is 12. The fourth-order valence-electron chi connectivity index (χ4n) is 2.42. The standard InChI is InChI=1S/C25H37NO4/c1-9-15-20(16-10-2)29-23(12-4)21(17-11-3)22(27)18-13-14-19-26(8)24(28)30-25(5,6)7/h9-12,15-17H,1,4,13-14,18-19H2,2-3,5-8H3/b16-10-,17-11-,20-15+,23-21-. The maximum atomic E-state index is 12.8. The van der Waals surface area contributed by atoms with Crippen molar-refractivity contribution in [3.8, 4) is 0 Å². The summed E-state index contributed by atoms with van der Waals surface area (Å²) in [6.45, 7) is 17.2. The van der Waals surface area contributed by atoms with Gasteiger partial charge in [0.25, 0.3) is 0 Å². The number of hydrogen-bond acceptors (Lipinski definition) is 4. The molecule has 30 heavy (non-hydrogen) atoms. The second-order valence-electron chi connectivity index (χ2n) is 7.67. The Hall–Kier alpha value is -2.82. The van der Waals surface area contributed by atoms with E-state index >= 15 is 0 Å². The predicted molar refractivity (Wildman–Crippen MR) is 124 cm³/mol. The molecule has 0 radical (unpaired) electrons. The summed E-state index contributed by atoms with van der Waals surface area (Å²) in [5.74, 6) is 0.924. The summed E-state index contributed by atoms with van der Waals surface area (Å²) in [6, 6.07) is 0. The highest BCUT2D eigenvalue weighted by molar-refractivity contribution is 5.98. The number of carbonyl (C=O) groups excluding carboxylic acids is 2. The van der Waals surface area contributed by atoms with Crippen LogP contribution in [0.3, 0.4) is 0 Å². The van der Waals surface area contributed by atoms with Crippen LogP contribution in [-0.4, -0.2) is 36.0 Å². The molecule has 5 heteroatoms. The van der Waals surface area contributed by atoms with Gasteiger partial charge in [0, 0.05) is 20.0 Å². The van der Waals surface area contributed by atoms with E-state index in [1.165, 1.54) is 11.0 Å². The summed E-state index contributed by atoms with van der Waals surface area (Å²) in [5, 5.41) is 0. The Morgan fingerprint density at radius 1 is 1.03 bits per heavy atom. The molecule has 0 aliphatic heterocycles. The average molecular weight is 416 g/mol. The molecular weight excluding hydrogens is 378 g/mol. The molecule has 0 aromatic heterocycles. The Morgan fingerprint density at radius 2 is 1.67 bits per heavy atom. The number of carbonyl (C=O) groups is 2. The molecule has 0 aromatic rings. The fourth-order valence-corrected chi connectivity index (χ4v) is 2.42. The van der Waals surface area contributed by atoms with Crippen LogP contribution in [-0.2, 0) is 14.3 Å². The first-order valence-corrected chi connectivity index (χ1v) is 10.2. The van der Waals surface area contributed by atoms with Crippen LogP contribution >= 0.6 is 0 Å². The number of ketones is 1. The summed E-state index contributed by atoms with van der Waals surface area (Å²) in [5.41, 5.74) is -0.0621. The van der Waals surface area contributed by atoms with Gasteiger partial charge in [-0.2, -0.15) is 0 Å². The van der Waals surface area contributed by atoms with Gasteiger partial charge in [-0.3, -0.25) is 4.79 Å². The van der Waals surface area contributed by atoms with Gasteiger partial charge < -0.3 is 14.4 Å². The SMILES string of the molecule is C=C/C=C(\C=C/C)O/C(C=C)=C(/C=C\C)C(=O)CCCCN(C)C(=O)OC(C)(C)C. The van der Waals surface area contributed by atoms with Gasteiger partial charge in [-0.25, -0.2) is 4.79 Å². The molecule has 0 fully saturated rings. The maximum absolute atomic E-state index is 12.8. The third-order valence-electron chi connectivity index (χ3n) is 3.78. The van der Waals surface area contributed by atoms with E-state index in [2.05, 4.69) is 13.2 Å². The highest BCUT2D eigenvalue weighted by atomic mass is 16.6. The lowest BCUT2D eigenvalue weighted by Gasteiger charge is -2.24. The lowest BCUT2D eigenvalue weighted by molar-refractivity contribution is -0.115. The van der Waals surface area contributed by atoms with Crippen molar-refractivity contribution in [2.45, 2.75) is 59.5 Å². The minimum Gasteiger partial charge on any atom is -0.457 e. The molecule has 0 aliphatic carbocycles. The van der Waals surface area contributed by atoms with Crippen molar-refractivity contribution in [1.82, 2.24) is 4.90 Å². The van der Waals surface area contributed by atoms with Crippen LogP contribution in [0.4, 0.5) is 4.79 Å².